The van der Waals surface area contributed by atoms with E-state index in [1.54, 1.807) is 20.8 Å². The SMILES string of the molecule is COC(=O)C(NC(=O)OC(C)(C)C)C1CCc2ccccc21. The third kappa shape index (κ3) is 3.78. The van der Waals surface area contributed by atoms with Crippen LogP contribution in [0.4, 0.5) is 4.79 Å². The zero-order chi connectivity index (χ0) is 16.3. The normalized spacial score (nSPS) is 18.3. The fourth-order valence-electron chi connectivity index (χ4n) is 2.82. The molecular formula is C17H23NO4. The minimum absolute atomic E-state index is 0.0869. The predicted molar refractivity (Wildman–Crippen MR) is 82.7 cm³/mol. The maximum atomic E-state index is 12.1. The molecule has 0 fully saturated rings. The van der Waals surface area contributed by atoms with Gasteiger partial charge in [0.05, 0.1) is 7.11 Å². The van der Waals surface area contributed by atoms with Crippen molar-refractivity contribution in [2.45, 2.75) is 51.2 Å². The van der Waals surface area contributed by atoms with Gasteiger partial charge in [0.15, 0.2) is 0 Å². The summed E-state index contributed by atoms with van der Waals surface area (Å²) in [6, 6.07) is 7.24. The molecular weight excluding hydrogens is 282 g/mol. The Morgan fingerprint density at radius 3 is 2.59 bits per heavy atom. The summed E-state index contributed by atoms with van der Waals surface area (Å²) in [6.07, 6.45) is 1.09. The Morgan fingerprint density at radius 1 is 1.27 bits per heavy atom. The lowest BCUT2D eigenvalue weighted by Gasteiger charge is -2.26. The number of rotatable bonds is 3. The van der Waals surface area contributed by atoms with E-state index in [4.69, 9.17) is 9.47 Å². The summed E-state index contributed by atoms with van der Waals surface area (Å²) < 4.78 is 10.1. The average Bonchev–Trinajstić information content (AvgIpc) is 2.86. The Labute approximate surface area is 131 Å². The number of alkyl carbamates (subject to hydrolysis) is 1. The van der Waals surface area contributed by atoms with E-state index in [-0.39, 0.29) is 5.92 Å². The van der Waals surface area contributed by atoms with Crippen molar-refractivity contribution in [3.8, 4) is 0 Å². The fraction of sp³-hybridized carbons (Fsp3) is 0.529. The summed E-state index contributed by atoms with van der Waals surface area (Å²) in [7, 11) is 1.33. The van der Waals surface area contributed by atoms with Gasteiger partial charge in [-0.2, -0.15) is 0 Å². The molecule has 0 aromatic heterocycles. The van der Waals surface area contributed by atoms with Crippen molar-refractivity contribution in [3.05, 3.63) is 35.4 Å². The summed E-state index contributed by atoms with van der Waals surface area (Å²) in [5.41, 5.74) is 1.69. The third-order valence-electron chi connectivity index (χ3n) is 3.71. The second kappa shape index (κ2) is 6.38. The Balaban J connectivity index is 2.18. The largest absolute Gasteiger partial charge is 0.467 e. The molecule has 0 heterocycles. The van der Waals surface area contributed by atoms with E-state index >= 15 is 0 Å². The minimum Gasteiger partial charge on any atom is -0.467 e. The molecule has 2 atom stereocenters. The number of methoxy groups -OCH3 is 1. The lowest BCUT2D eigenvalue weighted by atomic mass is 9.93. The monoisotopic (exact) mass is 305 g/mol. The Kier molecular flexibility index (Phi) is 4.74. The van der Waals surface area contributed by atoms with E-state index in [1.165, 1.54) is 12.7 Å². The molecule has 120 valence electrons. The molecule has 0 bridgehead atoms. The second-order valence-electron chi connectivity index (χ2n) is 6.49. The lowest BCUT2D eigenvalue weighted by molar-refractivity contribution is -0.143. The van der Waals surface area contributed by atoms with Crippen LogP contribution in [0.15, 0.2) is 24.3 Å². The number of aryl methyl sites for hydroxylation is 1. The summed E-state index contributed by atoms with van der Waals surface area (Å²) >= 11 is 0. The first-order valence-electron chi connectivity index (χ1n) is 7.47. The third-order valence-corrected chi connectivity index (χ3v) is 3.71. The van der Waals surface area contributed by atoms with Gasteiger partial charge in [0.1, 0.15) is 11.6 Å². The molecule has 0 saturated heterocycles. The van der Waals surface area contributed by atoms with Gasteiger partial charge in [-0.05, 0) is 44.7 Å². The molecule has 2 rings (SSSR count). The zero-order valence-electron chi connectivity index (χ0n) is 13.5. The molecule has 1 aliphatic carbocycles. The van der Waals surface area contributed by atoms with Gasteiger partial charge in [0, 0.05) is 5.92 Å². The van der Waals surface area contributed by atoms with Crippen LogP contribution in [0, 0.1) is 0 Å². The summed E-state index contributed by atoms with van der Waals surface area (Å²) in [6.45, 7) is 5.35. The van der Waals surface area contributed by atoms with E-state index in [0.29, 0.717) is 0 Å². The van der Waals surface area contributed by atoms with E-state index < -0.39 is 23.7 Å². The number of benzene rings is 1. The van der Waals surface area contributed by atoms with Crippen LogP contribution in [0.5, 0.6) is 0 Å². The van der Waals surface area contributed by atoms with E-state index in [9.17, 15) is 9.59 Å². The van der Waals surface area contributed by atoms with Gasteiger partial charge in [-0.1, -0.05) is 24.3 Å². The number of nitrogens with one attached hydrogen (secondary N) is 1. The van der Waals surface area contributed by atoms with Crippen LogP contribution in [-0.4, -0.2) is 30.8 Å². The van der Waals surface area contributed by atoms with E-state index in [2.05, 4.69) is 11.4 Å². The number of amides is 1. The highest BCUT2D eigenvalue weighted by atomic mass is 16.6. The number of hydrogen-bond acceptors (Lipinski definition) is 4. The highest BCUT2D eigenvalue weighted by molar-refractivity contribution is 5.82. The highest BCUT2D eigenvalue weighted by Gasteiger charge is 2.36. The van der Waals surface area contributed by atoms with Crippen LogP contribution in [-0.2, 0) is 20.7 Å². The van der Waals surface area contributed by atoms with Gasteiger partial charge in [0.2, 0.25) is 0 Å². The smallest absolute Gasteiger partial charge is 0.408 e. The fourth-order valence-corrected chi connectivity index (χ4v) is 2.82. The van der Waals surface area contributed by atoms with Crippen LogP contribution in [0.2, 0.25) is 0 Å². The number of carbonyl (C=O) groups excluding carboxylic acids is 2. The standard InChI is InChI=1S/C17H23NO4/c1-17(2,3)22-16(20)18-14(15(19)21-4)13-10-9-11-7-5-6-8-12(11)13/h5-8,13-14H,9-10H2,1-4H3,(H,18,20). The summed E-state index contributed by atoms with van der Waals surface area (Å²) in [4.78, 5) is 24.1. The van der Waals surface area contributed by atoms with Crippen LogP contribution in [0.1, 0.15) is 44.2 Å². The van der Waals surface area contributed by atoms with Crippen molar-refractivity contribution in [1.82, 2.24) is 5.32 Å². The average molecular weight is 305 g/mol. The maximum Gasteiger partial charge on any atom is 0.408 e. The van der Waals surface area contributed by atoms with E-state index in [1.807, 2.05) is 18.2 Å². The van der Waals surface area contributed by atoms with Gasteiger partial charge in [-0.3, -0.25) is 0 Å². The maximum absolute atomic E-state index is 12.1. The van der Waals surface area contributed by atoms with Crippen LogP contribution >= 0.6 is 0 Å². The quantitative estimate of drug-likeness (QED) is 0.872. The van der Waals surface area contributed by atoms with Crippen LogP contribution in [0.3, 0.4) is 0 Å². The molecule has 1 aromatic rings. The molecule has 0 spiro atoms. The Bertz CT molecular complexity index is 562. The molecule has 1 aliphatic rings. The minimum atomic E-state index is -0.733. The number of esters is 1. The summed E-state index contributed by atoms with van der Waals surface area (Å²) in [5, 5.41) is 2.67. The zero-order valence-corrected chi connectivity index (χ0v) is 13.5. The van der Waals surface area contributed by atoms with E-state index in [0.717, 1.165) is 18.4 Å². The highest BCUT2D eigenvalue weighted by Crippen LogP contribution is 2.35. The van der Waals surface area contributed by atoms with Gasteiger partial charge in [-0.25, -0.2) is 9.59 Å². The first-order valence-corrected chi connectivity index (χ1v) is 7.47. The van der Waals surface area contributed by atoms with Gasteiger partial charge in [-0.15, -0.1) is 0 Å². The Hall–Kier alpha value is -2.04. The van der Waals surface area contributed by atoms with Crippen molar-refractivity contribution in [1.29, 1.82) is 0 Å². The molecule has 1 amide bonds. The number of fused-ring (bicyclic) bond motifs is 1. The Morgan fingerprint density at radius 2 is 1.95 bits per heavy atom. The van der Waals surface area contributed by atoms with Gasteiger partial charge >= 0.3 is 12.1 Å². The molecule has 22 heavy (non-hydrogen) atoms. The molecule has 5 heteroatoms. The molecule has 5 nitrogen and oxygen atoms in total. The van der Waals surface area contributed by atoms with Crippen molar-refractivity contribution in [3.63, 3.8) is 0 Å². The van der Waals surface area contributed by atoms with Crippen LogP contribution < -0.4 is 5.32 Å². The molecule has 0 aliphatic heterocycles. The molecule has 2 unspecified atom stereocenters. The van der Waals surface area contributed by atoms with Gasteiger partial charge < -0.3 is 14.8 Å². The predicted octanol–water partition coefficient (Wildman–Crippen LogP) is 2.78. The van der Waals surface area contributed by atoms with Crippen molar-refractivity contribution in [2.24, 2.45) is 0 Å². The number of ether oxygens (including phenoxy) is 2. The molecule has 0 saturated carbocycles. The van der Waals surface area contributed by atoms with Crippen molar-refractivity contribution < 1.29 is 19.1 Å². The van der Waals surface area contributed by atoms with Crippen molar-refractivity contribution in [2.75, 3.05) is 7.11 Å². The molecule has 1 aromatic carbocycles. The second-order valence-corrected chi connectivity index (χ2v) is 6.49. The first kappa shape index (κ1) is 16.3. The van der Waals surface area contributed by atoms with Crippen molar-refractivity contribution >= 4 is 12.1 Å². The topological polar surface area (TPSA) is 64.6 Å². The molecule has 0 radical (unpaired) electrons. The number of carbonyl (C=O) groups is 2. The lowest BCUT2D eigenvalue weighted by Crippen LogP contribution is -2.47. The number of hydrogen-bond donors (Lipinski definition) is 1. The van der Waals surface area contributed by atoms with Gasteiger partial charge in [0.25, 0.3) is 0 Å². The summed E-state index contributed by atoms with van der Waals surface area (Å²) in [5.74, 6) is -0.538. The molecule has 1 N–H and O–H groups in total. The van der Waals surface area contributed by atoms with Crippen LogP contribution in [0.25, 0.3) is 0 Å². The first-order chi connectivity index (χ1) is 10.3.